The molecule has 3 heteroatoms. The lowest BCUT2D eigenvalue weighted by molar-refractivity contribution is 0.0154. The van der Waals surface area contributed by atoms with Gasteiger partial charge in [-0.25, -0.2) is 0 Å². The number of rotatable bonds is 7. The summed E-state index contributed by atoms with van der Waals surface area (Å²) in [5.74, 6) is 0.937. The third kappa shape index (κ3) is 3.95. The van der Waals surface area contributed by atoms with E-state index in [0.717, 1.165) is 18.7 Å². The Labute approximate surface area is 121 Å². The maximum Gasteiger partial charge on any atom is 0.125 e. The van der Waals surface area contributed by atoms with Crippen molar-refractivity contribution in [3.8, 4) is 0 Å². The molecule has 0 aliphatic carbocycles. The number of benzene rings is 1. The highest BCUT2D eigenvalue weighted by Gasteiger charge is 2.19. The Morgan fingerprint density at radius 2 is 1.90 bits per heavy atom. The zero-order valence-electron chi connectivity index (χ0n) is 12.4. The Hall–Kier alpha value is -1.58. The van der Waals surface area contributed by atoms with Gasteiger partial charge < -0.3 is 14.5 Å². The highest BCUT2D eigenvalue weighted by Crippen LogP contribution is 2.23. The van der Waals surface area contributed by atoms with E-state index in [1.807, 2.05) is 30.3 Å². The average Bonchev–Trinajstić information content (AvgIpc) is 2.98. The van der Waals surface area contributed by atoms with Gasteiger partial charge in [-0.15, -0.1) is 0 Å². The Balaban J connectivity index is 2.05. The van der Waals surface area contributed by atoms with Gasteiger partial charge in [-0.3, -0.25) is 0 Å². The predicted octanol–water partition coefficient (Wildman–Crippen LogP) is 3.77. The van der Waals surface area contributed by atoms with E-state index in [1.54, 1.807) is 13.4 Å². The largest absolute Gasteiger partial charge is 0.467 e. The summed E-state index contributed by atoms with van der Waals surface area (Å²) in [6, 6.07) is 14.4. The van der Waals surface area contributed by atoms with Crippen molar-refractivity contribution in [1.29, 1.82) is 0 Å². The topological polar surface area (TPSA) is 34.4 Å². The van der Waals surface area contributed by atoms with E-state index in [-0.39, 0.29) is 11.6 Å². The maximum absolute atomic E-state index is 5.57. The first kappa shape index (κ1) is 14.8. The van der Waals surface area contributed by atoms with Crippen LogP contribution in [0.15, 0.2) is 53.1 Å². The fourth-order valence-electron chi connectivity index (χ4n) is 2.10. The van der Waals surface area contributed by atoms with Gasteiger partial charge in [0.05, 0.1) is 17.9 Å². The lowest BCUT2D eigenvalue weighted by Gasteiger charge is -2.25. The van der Waals surface area contributed by atoms with Crippen LogP contribution in [0.25, 0.3) is 0 Å². The fourth-order valence-corrected chi connectivity index (χ4v) is 2.10. The van der Waals surface area contributed by atoms with Gasteiger partial charge in [0.15, 0.2) is 0 Å². The zero-order chi connectivity index (χ0) is 14.4. The van der Waals surface area contributed by atoms with Crippen molar-refractivity contribution in [3.63, 3.8) is 0 Å². The van der Waals surface area contributed by atoms with Crippen LogP contribution in [0.5, 0.6) is 0 Å². The molecule has 108 valence electrons. The minimum Gasteiger partial charge on any atom is -0.467 e. The molecule has 1 aromatic carbocycles. The third-order valence-electron chi connectivity index (χ3n) is 3.59. The van der Waals surface area contributed by atoms with E-state index in [1.165, 1.54) is 5.56 Å². The van der Waals surface area contributed by atoms with Crippen LogP contribution in [-0.4, -0.2) is 19.3 Å². The highest BCUT2D eigenvalue weighted by atomic mass is 16.5. The van der Waals surface area contributed by atoms with Crippen molar-refractivity contribution >= 4 is 0 Å². The molecule has 0 saturated heterocycles. The summed E-state index contributed by atoms with van der Waals surface area (Å²) < 4.78 is 11.0. The maximum atomic E-state index is 5.57. The van der Waals surface area contributed by atoms with Gasteiger partial charge in [-0.1, -0.05) is 30.3 Å². The molecule has 1 unspecified atom stereocenters. The number of methoxy groups -OCH3 is 1. The Bertz CT molecular complexity index is 491. The second kappa shape index (κ2) is 6.73. The lowest BCUT2D eigenvalue weighted by Crippen LogP contribution is -2.31. The number of furan rings is 1. The lowest BCUT2D eigenvalue weighted by atomic mass is 10.0. The van der Waals surface area contributed by atoms with Crippen LogP contribution in [0, 0.1) is 0 Å². The molecule has 0 bridgehead atoms. The Morgan fingerprint density at radius 1 is 1.15 bits per heavy atom. The molecular formula is C17H23NO2. The van der Waals surface area contributed by atoms with Gasteiger partial charge in [0.2, 0.25) is 0 Å². The van der Waals surface area contributed by atoms with Crippen molar-refractivity contribution in [3.05, 3.63) is 60.1 Å². The molecular weight excluding hydrogens is 250 g/mol. The van der Waals surface area contributed by atoms with E-state index < -0.39 is 0 Å². The zero-order valence-corrected chi connectivity index (χ0v) is 12.4. The molecule has 0 saturated carbocycles. The molecule has 0 aliphatic heterocycles. The summed E-state index contributed by atoms with van der Waals surface area (Å²) in [5, 5.41) is 3.56. The predicted molar refractivity (Wildman–Crippen MR) is 80.7 cm³/mol. The first-order valence-corrected chi connectivity index (χ1v) is 6.99. The van der Waals surface area contributed by atoms with Crippen LogP contribution >= 0.6 is 0 Å². The molecule has 1 aromatic heterocycles. The normalized spacial score (nSPS) is 13.3. The Morgan fingerprint density at radius 3 is 2.50 bits per heavy atom. The monoisotopic (exact) mass is 273 g/mol. The van der Waals surface area contributed by atoms with E-state index in [0.29, 0.717) is 0 Å². The van der Waals surface area contributed by atoms with E-state index in [9.17, 15) is 0 Å². The standard InChI is InChI=1S/C17H23NO2/c1-17(2,19-3)11-12-18-16(15-10-7-13-20-15)14-8-5-4-6-9-14/h4-10,13,16,18H,11-12H2,1-3H3. The van der Waals surface area contributed by atoms with Crippen LogP contribution in [-0.2, 0) is 4.74 Å². The molecule has 2 aromatic rings. The minimum atomic E-state index is -0.114. The number of hydrogen-bond donors (Lipinski definition) is 1. The fraction of sp³-hybridized carbons (Fsp3) is 0.412. The minimum absolute atomic E-state index is 0.0823. The molecule has 1 atom stereocenters. The van der Waals surface area contributed by atoms with E-state index in [2.05, 4.69) is 31.3 Å². The highest BCUT2D eigenvalue weighted by molar-refractivity contribution is 5.26. The summed E-state index contributed by atoms with van der Waals surface area (Å²) in [6.45, 7) is 5.05. The second-order valence-electron chi connectivity index (χ2n) is 5.53. The molecule has 1 N–H and O–H groups in total. The summed E-state index contributed by atoms with van der Waals surface area (Å²) in [5.41, 5.74) is 1.09. The van der Waals surface area contributed by atoms with Crippen molar-refractivity contribution in [2.75, 3.05) is 13.7 Å². The van der Waals surface area contributed by atoms with Crippen LogP contribution < -0.4 is 5.32 Å². The average molecular weight is 273 g/mol. The second-order valence-corrected chi connectivity index (χ2v) is 5.53. The summed E-state index contributed by atoms with van der Waals surface area (Å²) in [4.78, 5) is 0. The first-order valence-electron chi connectivity index (χ1n) is 6.99. The molecule has 0 spiro atoms. The van der Waals surface area contributed by atoms with Crippen LogP contribution in [0.3, 0.4) is 0 Å². The molecule has 3 nitrogen and oxygen atoms in total. The number of ether oxygens (including phenoxy) is 1. The molecule has 0 aliphatic rings. The summed E-state index contributed by atoms with van der Waals surface area (Å²) in [6.07, 6.45) is 2.65. The SMILES string of the molecule is COC(C)(C)CCNC(c1ccccc1)c1ccco1. The van der Waals surface area contributed by atoms with Crippen molar-refractivity contribution in [2.45, 2.75) is 31.9 Å². The van der Waals surface area contributed by atoms with Gasteiger partial charge in [-0.2, -0.15) is 0 Å². The smallest absolute Gasteiger partial charge is 0.125 e. The van der Waals surface area contributed by atoms with Crippen molar-refractivity contribution < 1.29 is 9.15 Å². The molecule has 0 radical (unpaired) electrons. The van der Waals surface area contributed by atoms with E-state index >= 15 is 0 Å². The summed E-state index contributed by atoms with van der Waals surface area (Å²) in [7, 11) is 1.75. The van der Waals surface area contributed by atoms with Gasteiger partial charge in [-0.05, 0) is 44.5 Å². The molecule has 20 heavy (non-hydrogen) atoms. The van der Waals surface area contributed by atoms with Crippen LogP contribution in [0.1, 0.15) is 37.6 Å². The summed E-state index contributed by atoms with van der Waals surface area (Å²) >= 11 is 0. The van der Waals surface area contributed by atoms with Crippen molar-refractivity contribution in [1.82, 2.24) is 5.32 Å². The molecule has 1 heterocycles. The van der Waals surface area contributed by atoms with Crippen LogP contribution in [0.2, 0.25) is 0 Å². The molecule has 0 amide bonds. The molecule has 0 fully saturated rings. The molecule has 2 rings (SSSR count). The van der Waals surface area contributed by atoms with Gasteiger partial charge in [0.25, 0.3) is 0 Å². The number of nitrogens with one attached hydrogen (secondary N) is 1. The van der Waals surface area contributed by atoms with Gasteiger partial charge in [0.1, 0.15) is 5.76 Å². The number of hydrogen-bond acceptors (Lipinski definition) is 3. The quantitative estimate of drug-likeness (QED) is 0.833. The van der Waals surface area contributed by atoms with Crippen LogP contribution in [0.4, 0.5) is 0 Å². The Kier molecular flexibility index (Phi) is 4.99. The van der Waals surface area contributed by atoms with Gasteiger partial charge in [0, 0.05) is 7.11 Å². The van der Waals surface area contributed by atoms with Crippen molar-refractivity contribution in [2.24, 2.45) is 0 Å². The van der Waals surface area contributed by atoms with E-state index in [4.69, 9.17) is 9.15 Å². The third-order valence-corrected chi connectivity index (χ3v) is 3.59. The van der Waals surface area contributed by atoms with Gasteiger partial charge >= 0.3 is 0 Å². The first-order chi connectivity index (χ1) is 9.62.